The van der Waals surface area contributed by atoms with Gasteiger partial charge in [-0.3, -0.25) is 48.2 Å². The summed E-state index contributed by atoms with van der Waals surface area (Å²) >= 11 is 0. The normalized spacial score (nSPS) is 5.67. The molecule has 3 N–H and O–H groups in total. The third-order valence-corrected chi connectivity index (χ3v) is 2.69. The molecule has 0 aromatic rings. The molecule has 0 fully saturated rings. The van der Waals surface area contributed by atoms with E-state index in [4.69, 9.17) is 14.7 Å². The highest BCUT2D eigenvalue weighted by molar-refractivity contribution is 5.92. The molecule has 304 valence electrons. The third kappa shape index (κ3) is 243. The first-order chi connectivity index (χ1) is 19.3. The molecule has 48 heavy (non-hydrogen) atoms. The van der Waals surface area contributed by atoms with Gasteiger partial charge in [0.1, 0.15) is 0 Å². The maximum atomic E-state index is 10.3. The van der Waals surface area contributed by atoms with Gasteiger partial charge in [0.15, 0.2) is 0 Å². The van der Waals surface area contributed by atoms with Gasteiger partial charge in [0.05, 0.1) is 7.11 Å². The van der Waals surface area contributed by atoms with E-state index in [-0.39, 0.29) is 80.0 Å². The molecule has 14 heteroatoms. The number of imide groups is 2. The predicted molar refractivity (Wildman–Crippen MR) is 210 cm³/mol. The Kier molecular flexibility index (Phi) is 225. The van der Waals surface area contributed by atoms with Crippen LogP contribution >= 0.6 is 0 Å². The summed E-state index contributed by atoms with van der Waals surface area (Å²) < 4.78 is 3.86. The molecule has 0 unspecified atom stereocenters. The van der Waals surface area contributed by atoms with Crippen molar-refractivity contribution < 1.29 is 48.2 Å². The number of carbonyl (C=O) groups excluding carboxylic acids is 7. The topological polar surface area (TPSA) is 197 Å². The van der Waals surface area contributed by atoms with Crippen LogP contribution in [0.2, 0.25) is 0 Å². The Balaban J connectivity index is -0.0000000174. The summed E-state index contributed by atoms with van der Waals surface area (Å²) in [6, 6.07) is 0. The number of aliphatic carboxylic acids is 1. The number of methoxy groups -OCH3 is 1. The molecule has 0 bridgehead atoms. The lowest BCUT2D eigenvalue weighted by atomic mass is 10.5. The van der Waals surface area contributed by atoms with Gasteiger partial charge in [-0.2, -0.15) is 0 Å². The molecular formula is C34H88N4O10. The summed E-state index contributed by atoms with van der Waals surface area (Å²) in [5.41, 5.74) is 0. The Morgan fingerprint density at radius 1 is 0.500 bits per heavy atom. The Morgan fingerprint density at radius 2 is 0.583 bits per heavy atom. The fourth-order valence-corrected chi connectivity index (χ4v) is 0.443. The minimum absolute atomic E-state index is 0. The van der Waals surface area contributed by atoms with E-state index in [0.717, 1.165) is 16.7 Å². The molecule has 0 aromatic heterocycles. The van der Waals surface area contributed by atoms with E-state index in [1.807, 2.05) is 55.4 Å². The van der Waals surface area contributed by atoms with E-state index >= 15 is 0 Å². The minimum atomic E-state index is -0.833. The first kappa shape index (κ1) is 104. The number of rotatable bonds is 1. The number of nitrogens with one attached hydrogen (secondary N) is 2. The smallest absolute Gasteiger partial charge is 0.300 e. The van der Waals surface area contributed by atoms with Crippen molar-refractivity contribution in [1.29, 1.82) is 0 Å². The predicted octanol–water partition coefficient (Wildman–Crippen LogP) is 7.33. The van der Waals surface area contributed by atoms with Crippen LogP contribution in [0, 0.1) is 0 Å². The zero-order valence-electron chi connectivity index (χ0n) is 30.1. The molecule has 0 aliphatic heterocycles. The minimum Gasteiger partial charge on any atom is -0.481 e. The van der Waals surface area contributed by atoms with E-state index in [9.17, 15) is 28.8 Å². The van der Waals surface area contributed by atoms with E-state index in [1.54, 1.807) is 14.1 Å². The summed E-state index contributed by atoms with van der Waals surface area (Å²) in [4.78, 5) is 80.6. The van der Waals surface area contributed by atoms with Crippen LogP contribution in [0.15, 0.2) is 0 Å². The monoisotopic (exact) mass is 713 g/mol. The molecule has 14 nitrogen and oxygen atoms in total. The lowest BCUT2D eigenvalue weighted by Gasteiger charge is -2.07. The number of carbonyl (C=O) groups is 8. The van der Waals surface area contributed by atoms with Crippen molar-refractivity contribution in [3.05, 3.63) is 0 Å². The standard InChI is InChI=1S/2C5H9NO2.2C3H7NO.2C2H4O2.4C2H6.6CH4/c2*1-4(7)6(3)5(2)8;2*1-3(5)4-2;1-4-2-3;1-2(3)4;4*1-2;;;;;;/h2*1-3H3;2*1-2H3,(H,4,5);2H,1H3;1H3,(H,3,4);4*1-2H3;6*1H4. The lowest BCUT2D eigenvalue weighted by Crippen LogP contribution is -2.28. The molecule has 0 spiro atoms. The van der Waals surface area contributed by atoms with Crippen LogP contribution in [-0.2, 0) is 43.1 Å². The van der Waals surface area contributed by atoms with Gasteiger partial charge in [-0.25, -0.2) is 0 Å². The van der Waals surface area contributed by atoms with Crippen LogP contribution in [-0.4, -0.2) is 98.1 Å². The largest absolute Gasteiger partial charge is 0.481 e. The Labute approximate surface area is 300 Å². The second-order valence-corrected chi connectivity index (χ2v) is 5.66. The van der Waals surface area contributed by atoms with Crippen LogP contribution in [0.1, 0.15) is 148 Å². The lowest BCUT2D eigenvalue weighted by molar-refractivity contribution is -0.141. The molecule has 0 saturated heterocycles. The Morgan fingerprint density at radius 3 is 0.583 bits per heavy atom. The molecule has 0 radical (unpaired) electrons. The van der Waals surface area contributed by atoms with Gasteiger partial charge in [-0.05, 0) is 0 Å². The summed E-state index contributed by atoms with van der Waals surface area (Å²) in [7, 11) is 7.41. The van der Waals surface area contributed by atoms with E-state index in [0.29, 0.717) is 6.47 Å². The number of amides is 6. The average Bonchev–Trinajstić information content (AvgIpc) is 2.96. The SMILES string of the molecule is C.C.C.C.C.C.CC.CC.CC.CC.CC(=O)N(C)C(C)=O.CC(=O)N(C)C(C)=O.CC(=O)O.CNC(C)=O.CNC(C)=O.COC=O. The number of hydrogen-bond donors (Lipinski definition) is 3. The van der Waals surface area contributed by atoms with Crippen molar-refractivity contribution in [1.82, 2.24) is 20.4 Å². The van der Waals surface area contributed by atoms with E-state index in [1.165, 1.54) is 62.7 Å². The molecule has 0 atom stereocenters. The third-order valence-electron chi connectivity index (χ3n) is 2.69. The molecular weight excluding hydrogens is 624 g/mol. The zero-order valence-corrected chi connectivity index (χ0v) is 30.1. The van der Waals surface area contributed by atoms with Crippen molar-refractivity contribution in [3.8, 4) is 0 Å². The number of nitrogens with zero attached hydrogens (tertiary/aromatic N) is 2. The molecule has 0 heterocycles. The van der Waals surface area contributed by atoms with Crippen LogP contribution in [0.5, 0.6) is 0 Å². The quantitative estimate of drug-likeness (QED) is 0.232. The van der Waals surface area contributed by atoms with E-state index < -0.39 is 5.97 Å². The summed E-state index contributed by atoms with van der Waals surface area (Å²) in [5, 5.41) is 12.2. The highest BCUT2D eigenvalue weighted by Crippen LogP contribution is 1.82. The van der Waals surface area contributed by atoms with Gasteiger partial charge in [0, 0.05) is 76.7 Å². The van der Waals surface area contributed by atoms with Crippen LogP contribution < -0.4 is 10.6 Å². The molecule has 0 aliphatic carbocycles. The molecule has 0 aromatic carbocycles. The highest BCUT2D eigenvalue weighted by Gasteiger charge is 2.04. The highest BCUT2D eigenvalue weighted by atomic mass is 16.5. The van der Waals surface area contributed by atoms with Gasteiger partial charge in [-0.15, -0.1) is 0 Å². The van der Waals surface area contributed by atoms with Crippen molar-refractivity contribution >= 4 is 47.9 Å². The summed E-state index contributed by atoms with van der Waals surface area (Å²) in [5.74, 6) is -1.72. The van der Waals surface area contributed by atoms with Crippen LogP contribution in [0.25, 0.3) is 0 Å². The first-order valence-electron chi connectivity index (χ1n) is 13.3. The van der Waals surface area contributed by atoms with Gasteiger partial charge >= 0.3 is 0 Å². The first-order valence-corrected chi connectivity index (χ1v) is 13.3. The molecule has 0 rings (SSSR count). The van der Waals surface area contributed by atoms with E-state index in [2.05, 4.69) is 15.4 Å². The van der Waals surface area contributed by atoms with Gasteiger partial charge < -0.3 is 20.5 Å². The summed E-state index contributed by atoms with van der Waals surface area (Å²) in [6.45, 7) is 25.8. The fraction of sp³-hybridized carbons (Fsp3) is 0.765. The Bertz CT molecular complexity index is 569. The molecule has 0 aliphatic rings. The number of hydrogen-bond acceptors (Lipinski definition) is 9. The second-order valence-electron chi connectivity index (χ2n) is 5.66. The van der Waals surface area contributed by atoms with Crippen molar-refractivity contribution in [2.75, 3.05) is 35.3 Å². The van der Waals surface area contributed by atoms with Gasteiger partial charge in [0.2, 0.25) is 35.4 Å². The number of carboxylic acid groups (broad SMARTS) is 1. The number of carboxylic acids is 1. The average molecular weight is 713 g/mol. The fourth-order valence-electron chi connectivity index (χ4n) is 0.443. The van der Waals surface area contributed by atoms with Crippen LogP contribution in [0.4, 0.5) is 0 Å². The van der Waals surface area contributed by atoms with Gasteiger partial charge in [-0.1, -0.05) is 99.9 Å². The Hall–Kier alpha value is -3.84. The van der Waals surface area contributed by atoms with Crippen LogP contribution in [0.3, 0.4) is 0 Å². The summed E-state index contributed by atoms with van der Waals surface area (Å²) in [6.07, 6.45) is 0. The second kappa shape index (κ2) is 104. The van der Waals surface area contributed by atoms with Crippen molar-refractivity contribution in [3.63, 3.8) is 0 Å². The van der Waals surface area contributed by atoms with Crippen molar-refractivity contribution in [2.45, 2.75) is 148 Å². The maximum Gasteiger partial charge on any atom is 0.300 e. The van der Waals surface area contributed by atoms with Gasteiger partial charge in [0.25, 0.3) is 12.4 Å². The van der Waals surface area contributed by atoms with Crippen molar-refractivity contribution in [2.24, 2.45) is 0 Å². The molecule has 6 amide bonds. The number of ether oxygens (including phenoxy) is 1. The zero-order chi connectivity index (χ0) is 37.0. The maximum absolute atomic E-state index is 10.3. The molecule has 0 saturated carbocycles.